The highest BCUT2D eigenvalue weighted by atomic mass is 35.5. The van der Waals surface area contributed by atoms with E-state index in [1.807, 2.05) is 6.92 Å². The molecule has 0 fully saturated rings. The lowest BCUT2D eigenvalue weighted by Crippen LogP contribution is -2.52. The van der Waals surface area contributed by atoms with Gasteiger partial charge in [-0.05, 0) is 31.4 Å². The molecule has 116 valence electrons. The van der Waals surface area contributed by atoms with E-state index in [0.29, 0.717) is 34.5 Å². The minimum Gasteiger partial charge on any atom is -0.454 e. The molecule has 6 heteroatoms. The van der Waals surface area contributed by atoms with Gasteiger partial charge in [0.2, 0.25) is 6.79 Å². The number of carbonyl (C=O) groups is 1. The Hall–Kier alpha value is -1.46. The number of nitrogens with two attached hydrogens (primary N) is 1. The van der Waals surface area contributed by atoms with Crippen molar-refractivity contribution in [3.8, 4) is 11.5 Å². The Morgan fingerprint density at radius 1 is 1.48 bits per heavy atom. The average Bonchev–Trinajstić information content (AvgIpc) is 2.86. The number of halogens is 1. The average molecular weight is 313 g/mol. The normalized spacial score (nSPS) is 15.9. The molecule has 0 aromatic heterocycles. The smallest absolute Gasteiger partial charge is 0.251 e. The van der Waals surface area contributed by atoms with Gasteiger partial charge in [-0.15, -0.1) is 0 Å². The maximum atomic E-state index is 12.4. The molecular weight excluding hydrogens is 292 g/mol. The largest absolute Gasteiger partial charge is 0.454 e. The lowest BCUT2D eigenvalue weighted by Gasteiger charge is -2.31. The van der Waals surface area contributed by atoms with Crippen molar-refractivity contribution in [1.82, 2.24) is 5.32 Å². The van der Waals surface area contributed by atoms with Crippen LogP contribution < -0.4 is 20.5 Å². The molecule has 0 aliphatic carbocycles. The van der Waals surface area contributed by atoms with Crippen molar-refractivity contribution in [2.24, 2.45) is 11.7 Å². The van der Waals surface area contributed by atoms with Crippen molar-refractivity contribution in [3.05, 3.63) is 22.7 Å². The first kappa shape index (κ1) is 15.9. The molecule has 0 saturated carbocycles. The zero-order valence-corrected chi connectivity index (χ0v) is 13.3. The molecule has 5 nitrogen and oxygen atoms in total. The van der Waals surface area contributed by atoms with Gasteiger partial charge in [-0.1, -0.05) is 25.4 Å². The van der Waals surface area contributed by atoms with E-state index in [4.69, 9.17) is 26.8 Å². The highest BCUT2D eigenvalue weighted by molar-refractivity contribution is 6.32. The lowest BCUT2D eigenvalue weighted by molar-refractivity contribution is 0.0898. The first-order chi connectivity index (χ1) is 9.84. The summed E-state index contributed by atoms with van der Waals surface area (Å²) in [4.78, 5) is 12.4. The maximum absolute atomic E-state index is 12.4. The fourth-order valence-corrected chi connectivity index (χ4v) is 2.80. The summed E-state index contributed by atoms with van der Waals surface area (Å²) >= 11 is 6.10. The third-order valence-corrected chi connectivity index (χ3v) is 3.69. The number of fused-ring (bicyclic) bond motifs is 1. The standard InChI is InChI=1S/C15H21ClN2O3/c1-9(2)6-15(3,7-17)18-14(19)10-4-11(16)13-12(5-10)20-8-21-13/h4-5,9H,6-8,17H2,1-3H3,(H,18,19). The van der Waals surface area contributed by atoms with Crippen LogP contribution in [0.4, 0.5) is 0 Å². The molecule has 1 heterocycles. The Balaban J connectivity index is 2.19. The summed E-state index contributed by atoms with van der Waals surface area (Å²) in [6, 6.07) is 3.21. The quantitative estimate of drug-likeness (QED) is 0.876. The van der Waals surface area contributed by atoms with Crippen LogP contribution in [0.25, 0.3) is 0 Å². The molecule has 1 aliphatic heterocycles. The zero-order chi connectivity index (χ0) is 15.6. The molecule has 21 heavy (non-hydrogen) atoms. The van der Waals surface area contributed by atoms with Crippen molar-refractivity contribution in [2.45, 2.75) is 32.7 Å². The highest BCUT2D eigenvalue weighted by Gasteiger charge is 2.28. The topological polar surface area (TPSA) is 73.6 Å². The van der Waals surface area contributed by atoms with Crippen LogP contribution in [0.1, 0.15) is 37.6 Å². The minimum atomic E-state index is -0.450. The maximum Gasteiger partial charge on any atom is 0.251 e. The molecule has 2 rings (SSSR count). The van der Waals surface area contributed by atoms with E-state index in [0.717, 1.165) is 6.42 Å². The van der Waals surface area contributed by atoms with Gasteiger partial charge in [0.05, 0.1) is 5.02 Å². The molecule has 1 unspecified atom stereocenters. The van der Waals surface area contributed by atoms with Gasteiger partial charge in [0, 0.05) is 17.6 Å². The van der Waals surface area contributed by atoms with Gasteiger partial charge < -0.3 is 20.5 Å². The summed E-state index contributed by atoms with van der Waals surface area (Å²) in [5.41, 5.74) is 5.80. The molecule has 1 aromatic carbocycles. The van der Waals surface area contributed by atoms with Gasteiger partial charge in [0.1, 0.15) is 0 Å². The molecule has 0 saturated heterocycles. The van der Waals surface area contributed by atoms with Crippen LogP contribution in [0, 0.1) is 5.92 Å². The number of carbonyl (C=O) groups excluding carboxylic acids is 1. The van der Waals surface area contributed by atoms with Crippen molar-refractivity contribution in [2.75, 3.05) is 13.3 Å². The number of hydrogen-bond acceptors (Lipinski definition) is 4. The van der Waals surface area contributed by atoms with E-state index in [1.54, 1.807) is 12.1 Å². The lowest BCUT2D eigenvalue weighted by atomic mass is 9.90. The highest BCUT2D eigenvalue weighted by Crippen LogP contribution is 2.39. The van der Waals surface area contributed by atoms with Gasteiger partial charge in [-0.2, -0.15) is 0 Å². The van der Waals surface area contributed by atoms with E-state index in [-0.39, 0.29) is 12.7 Å². The molecule has 0 radical (unpaired) electrons. The Morgan fingerprint density at radius 3 is 2.81 bits per heavy atom. The number of rotatable bonds is 5. The van der Waals surface area contributed by atoms with Crippen LogP contribution in [0.15, 0.2) is 12.1 Å². The molecule has 1 atom stereocenters. The SMILES string of the molecule is CC(C)CC(C)(CN)NC(=O)c1cc(Cl)c2c(c1)OCO2. The second kappa shape index (κ2) is 6.12. The van der Waals surface area contributed by atoms with Crippen molar-refractivity contribution in [3.63, 3.8) is 0 Å². The van der Waals surface area contributed by atoms with Crippen LogP contribution in [-0.4, -0.2) is 24.8 Å². The second-order valence-corrected chi connectivity index (χ2v) is 6.42. The zero-order valence-electron chi connectivity index (χ0n) is 12.5. The first-order valence-electron chi connectivity index (χ1n) is 6.96. The third-order valence-electron chi connectivity index (χ3n) is 3.41. The van der Waals surface area contributed by atoms with Gasteiger partial charge >= 0.3 is 0 Å². The van der Waals surface area contributed by atoms with Crippen LogP contribution in [0.5, 0.6) is 11.5 Å². The minimum absolute atomic E-state index is 0.119. The molecule has 1 aliphatic rings. The Kier molecular flexibility index (Phi) is 4.64. The van der Waals surface area contributed by atoms with Gasteiger partial charge in [0.25, 0.3) is 5.91 Å². The summed E-state index contributed by atoms with van der Waals surface area (Å²) in [5.74, 6) is 1.19. The Bertz CT molecular complexity index is 548. The number of nitrogens with one attached hydrogen (secondary N) is 1. The molecule has 0 spiro atoms. The van der Waals surface area contributed by atoms with E-state index in [1.165, 1.54) is 0 Å². The van der Waals surface area contributed by atoms with Crippen LogP contribution in [0.2, 0.25) is 5.02 Å². The van der Waals surface area contributed by atoms with Crippen molar-refractivity contribution < 1.29 is 14.3 Å². The third kappa shape index (κ3) is 3.60. The monoisotopic (exact) mass is 312 g/mol. The van der Waals surface area contributed by atoms with Crippen LogP contribution in [0.3, 0.4) is 0 Å². The molecule has 3 N–H and O–H groups in total. The van der Waals surface area contributed by atoms with Crippen LogP contribution >= 0.6 is 11.6 Å². The molecule has 1 aromatic rings. The van der Waals surface area contributed by atoms with E-state index < -0.39 is 5.54 Å². The number of benzene rings is 1. The first-order valence-corrected chi connectivity index (χ1v) is 7.34. The van der Waals surface area contributed by atoms with Gasteiger partial charge in [0.15, 0.2) is 11.5 Å². The number of amides is 1. The fraction of sp³-hybridized carbons (Fsp3) is 0.533. The van der Waals surface area contributed by atoms with Crippen LogP contribution in [-0.2, 0) is 0 Å². The summed E-state index contributed by atoms with van der Waals surface area (Å²) in [6.07, 6.45) is 0.799. The number of hydrogen-bond donors (Lipinski definition) is 2. The molecule has 1 amide bonds. The van der Waals surface area contributed by atoms with Crippen molar-refractivity contribution >= 4 is 17.5 Å². The second-order valence-electron chi connectivity index (χ2n) is 6.01. The summed E-state index contributed by atoms with van der Waals surface area (Å²) < 4.78 is 10.5. The van der Waals surface area contributed by atoms with E-state index >= 15 is 0 Å². The molecular formula is C15H21ClN2O3. The van der Waals surface area contributed by atoms with E-state index in [9.17, 15) is 4.79 Å². The van der Waals surface area contributed by atoms with Crippen molar-refractivity contribution in [1.29, 1.82) is 0 Å². The van der Waals surface area contributed by atoms with Gasteiger partial charge in [-0.25, -0.2) is 0 Å². The molecule has 0 bridgehead atoms. The van der Waals surface area contributed by atoms with Gasteiger partial charge in [-0.3, -0.25) is 4.79 Å². The Morgan fingerprint density at radius 2 is 2.19 bits per heavy atom. The predicted octanol–water partition coefficient (Wildman–Crippen LogP) is 2.56. The Labute approximate surface area is 129 Å². The summed E-state index contributed by atoms with van der Waals surface area (Å²) in [6.45, 7) is 6.62. The summed E-state index contributed by atoms with van der Waals surface area (Å²) in [7, 11) is 0. The van der Waals surface area contributed by atoms with E-state index in [2.05, 4.69) is 19.2 Å². The number of ether oxygens (including phenoxy) is 2. The summed E-state index contributed by atoms with van der Waals surface area (Å²) in [5, 5.41) is 3.36. The fourth-order valence-electron chi connectivity index (χ4n) is 2.53. The predicted molar refractivity (Wildman–Crippen MR) is 82.0 cm³/mol.